The van der Waals surface area contributed by atoms with E-state index in [-0.39, 0.29) is 16.3 Å². The third kappa shape index (κ3) is 3.63. The summed E-state index contributed by atoms with van der Waals surface area (Å²) >= 11 is 5.79. The fourth-order valence-electron chi connectivity index (χ4n) is 1.29. The average Bonchev–Trinajstić information content (AvgIpc) is 2.40. The molecule has 0 radical (unpaired) electrons. The molecule has 0 fully saturated rings. The number of rotatable bonds is 4. The molecule has 0 saturated carbocycles. The lowest BCUT2D eigenvalue weighted by Gasteiger charge is -2.08. The summed E-state index contributed by atoms with van der Waals surface area (Å²) < 4.78 is 0. The van der Waals surface area contributed by atoms with Crippen LogP contribution in [0.3, 0.4) is 0 Å². The van der Waals surface area contributed by atoms with E-state index in [1.54, 1.807) is 18.2 Å². The largest absolute Gasteiger partial charge is 0.504 e. The van der Waals surface area contributed by atoms with E-state index in [0.717, 1.165) is 0 Å². The number of carbonyl (C=O) groups is 1. The number of amides is 1. The lowest BCUT2D eigenvalue weighted by Crippen LogP contribution is -2.22. The SMILES string of the molecule is C=C/C(=C\C=C/C)NC(=O)c1ccc(O)c(O)c1Cl. The number of phenolic OH excluding ortho intramolecular Hbond substituents is 2. The molecule has 0 aliphatic rings. The van der Waals surface area contributed by atoms with Crippen molar-refractivity contribution in [1.82, 2.24) is 5.32 Å². The molecule has 3 N–H and O–H groups in total. The van der Waals surface area contributed by atoms with Gasteiger partial charge >= 0.3 is 0 Å². The van der Waals surface area contributed by atoms with Crippen molar-refractivity contribution in [2.45, 2.75) is 6.92 Å². The molecule has 0 unspecified atom stereocenters. The maximum Gasteiger partial charge on any atom is 0.257 e. The highest BCUT2D eigenvalue weighted by Crippen LogP contribution is 2.35. The van der Waals surface area contributed by atoms with Crippen molar-refractivity contribution in [1.29, 1.82) is 0 Å². The number of phenols is 2. The first-order valence-electron chi connectivity index (χ1n) is 5.48. The monoisotopic (exact) mass is 279 g/mol. The predicted molar refractivity (Wildman–Crippen MR) is 75.3 cm³/mol. The van der Waals surface area contributed by atoms with E-state index in [9.17, 15) is 15.0 Å². The molecule has 1 rings (SSSR count). The van der Waals surface area contributed by atoms with Crippen LogP contribution in [0.1, 0.15) is 17.3 Å². The van der Waals surface area contributed by atoms with Crippen LogP contribution in [0.4, 0.5) is 0 Å². The van der Waals surface area contributed by atoms with Crippen molar-refractivity contribution in [3.05, 3.63) is 59.3 Å². The highest BCUT2D eigenvalue weighted by atomic mass is 35.5. The summed E-state index contributed by atoms with van der Waals surface area (Å²) in [6.45, 7) is 5.42. The van der Waals surface area contributed by atoms with Gasteiger partial charge in [-0.3, -0.25) is 4.79 Å². The number of hydrogen-bond donors (Lipinski definition) is 3. The van der Waals surface area contributed by atoms with E-state index in [4.69, 9.17) is 11.6 Å². The van der Waals surface area contributed by atoms with Crippen molar-refractivity contribution in [3.63, 3.8) is 0 Å². The number of halogens is 1. The number of allylic oxidation sites excluding steroid dienone is 4. The van der Waals surface area contributed by atoms with Crippen LogP contribution in [0.5, 0.6) is 11.5 Å². The lowest BCUT2D eigenvalue weighted by molar-refractivity contribution is 0.0967. The molecular weight excluding hydrogens is 266 g/mol. The molecule has 0 atom stereocenters. The first kappa shape index (κ1) is 14.9. The van der Waals surface area contributed by atoms with Crippen LogP contribution in [0.15, 0.2) is 48.7 Å². The molecule has 0 aliphatic carbocycles. The molecule has 0 spiro atoms. The van der Waals surface area contributed by atoms with Crippen LogP contribution in [0.25, 0.3) is 0 Å². The summed E-state index contributed by atoms with van der Waals surface area (Å²) in [5.74, 6) is -1.40. The number of carbonyl (C=O) groups excluding carboxylic acids is 1. The Balaban J connectivity index is 3.02. The number of hydrogen-bond acceptors (Lipinski definition) is 3. The Hall–Kier alpha value is -2.20. The van der Waals surface area contributed by atoms with Gasteiger partial charge in [-0.2, -0.15) is 0 Å². The summed E-state index contributed by atoms with van der Waals surface area (Å²) in [5, 5.41) is 21.1. The van der Waals surface area contributed by atoms with Crippen molar-refractivity contribution in [2.75, 3.05) is 0 Å². The summed E-state index contributed by atoms with van der Waals surface area (Å²) in [4.78, 5) is 12.0. The van der Waals surface area contributed by atoms with Gasteiger partial charge in [-0.1, -0.05) is 30.3 Å². The maximum atomic E-state index is 12.0. The fourth-order valence-corrected chi connectivity index (χ4v) is 1.53. The van der Waals surface area contributed by atoms with E-state index in [1.807, 2.05) is 6.92 Å². The third-order valence-corrected chi connectivity index (χ3v) is 2.67. The molecular formula is C14H14ClNO3. The summed E-state index contributed by atoms with van der Waals surface area (Å²) in [6.07, 6.45) is 6.69. The van der Waals surface area contributed by atoms with Crippen molar-refractivity contribution in [3.8, 4) is 11.5 Å². The third-order valence-electron chi connectivity index (χ3n) is 2.29. The van der Waals surface area contributed by atoms with E-state index >= 15 is 0 Å². The quantitative estimate of drug-likeness (QED) is 0.586. The van der Waals surface area contributed by atoms with Crippen LogP contribution in [-0.4, -0.2) is 16.1 Å². The van der Waals surface area contributed by atoms with Gasteiger partial charge in [0.1, 0.15) is 0 Å². The van der Waals surface area contributed by atoms with Crippen LogP contribution in [0.2, 0.25) is 5.02 Å². The molecule has 1 aromatic rings. The Kier molecular flexibility index (Phi) is 5.21. The fraction of sp³-hybridized carbons (Fsp3) is 0.0714. The number of benzene rings is 1. The zero-order valence-electron chi connectivity index (χ0n) is 10.4. The van der Waals surface area contributed by atoms with Crippen molar-refractivity contribution >= 4 is 17.5 Å². The number of aromatic hydroxyl groups is 2. The van der Waals surface area contributed by atoms with E-state index in [2.05, 4.69) is 11.9 Å². The zero-order chi connectivity index (χ0) is 14.4. The topological polar surface area (TPSA) is 69.6 Å². The second-order valence-electron chi connectivity index (χ2n) is 3.60. The maximum absolute atomic E-state index is 12.0. The standard InChI is InChI=1S/C14H14ClNO3/c1-3-5-6-9(4-2)16-14(19)10-7-8-11(17)13(18)12(10)15/h3-8,17-18H,2H2,1H3,(H,16,19)/b5-3-,9-6+. The van der Waals surface area contributed by atoms with Crippen LogP contribution in [-0.2, 0) is 0 Å². The second-order valence-corrected chi connectivity index (χ2v) is 3.98. The minimum atomic E-state index is -0.521. The van der Waals surface area contributed by atoms with Gasteiger partial charge in [-0.25, -0.2) is 0 Å². The van der Waals surface area contributed by atoms with E-state index in [0.29, 0.717) is 5.70 Å². The van der Waals surface area contributed by atoms with E-state index < -0.39 is 11.7 Å². The minimum Gasteiger partial charge on any atom is -0.504 e. The lowest BCUT2D eigenvalue weighted by atomic mass is 10.2. The minimum absolute atomic E-state index is 0.0604. The summed E-state index contributed by atoms with van der Waals surface area (Å²) in [5.41, 5.74) is 0.553. The molecule has 19 heavy (non-hydrogen) atoms. The van der Waals surface area contributed by atoms with Gasteiger partial charge in [0.2, 0.25) is 0 Å². The van der Waals surface area contributed by atoms with Crippen molar-refractivity contribution in [2.24, 2.45) is 0 Å². The van der Waals surface area contributed by atoms with Crippen LogP contribution in [0, 0.1) is 0 Å². The molecule has 0 heterocycles. The summed E-state index contributed by atoms with van der Waals surface area (Å²) in [7, 11) is 0. The van der Waals surface area contributed by atoms with Gasteiger partial charge in [0.25, 0.3) is 5.91 Å². The van der Waals surface area contributed by atoms with Gasteiger partial charge < -0.3 is 15.5 Å². The highest BCUT2D eigenvalue weighted by molar-refractivity contribution is 6.35. The first-order valence-corrected chi connectivity index (χ1v) is 5.86. The van der Waals surface area contributed by atoms with Gasteiger partial charge in [0.15, 0.2) is 11.5 Å². The number of nitrogens with one attached hydrogen (secondary N) is 1. The highest BCUT2D eigenvalue weighted by Gasteiger charge is 2.16. The molecule has 0 saturated heterocycles. The summed E-state index contributed by atoms with van der Waals surface area (Å²) in [6, 6.07) is 2.52. The average molecular weight is 280 g/mol. The first-order chi connectivity index (χ1) is 9.01. The van der Waals surface area contributed by atoms with Crippen molar-refractivity contribution < 1.29 is 15.0 Å². The predicted octanol–water partition coefficient (Wildman–Crippen LogP) is 3.13. The zero-order valence-corrected chi connectivity index (χ0v) is 11.1. The molecule has 5 heteroatoms. The molecule has 100 valence electrons. The molecule has 1 amide bonds. The van der Waals surface area contributed by atoms with Gasteiger partial charge in [0, 0.05) is 5.70 Å². The Labute approximate surface area is 116 Å². The van der Waals surface area contributed by atoms with Gasteiger partial charge in [0.05, 0.1) is 10.6 Å². The Bertz CT molecular complexity index is 562. The van der Waals surface area contributed by atoms with E-state index in [1.165, 1.54) is 18.2 Å². The van der Waals surface area contributed by atoms with Gasteiger partial charge in [-0.05, 0) is 31.2 Å². The van der Waals surface area contributed by atoms with Gasteiger partial charge in [-0.15, -0.1) is 0 Å². The molecule has 0 aliphatic heterocycles. The molecule has 1 aromatic carbocycles. The van der Waals surface area contributed by atoms with Crippen LogP contribution >= 0.6 is 11.6 Å². The second kappa shape index (κ2) is 6.66. The Morgan fingerprint density at radius 1 is 1.42 bits per heavy atom. The molecule has 0 aromatic heterocycles. The Morgan fingerprint density at radius 3 is 2.68 bits per heavy atom. The normalized spacial score (nSPS) is 11.6. The Morgan fingerprint density at radius 2 is 2.11 bits per heavy atom. The molecule has 0 bridgehead atoms. The smallest absolute Gasteiger partial charge is 0.257 e. The van der Waals surface area contributed by atoms with Crippen LogP contribution < -0.4 is 5.32 Å². The molecule has 4 nitrogen and oxygen atoms in total.